The van der Waals surface area contributed by atoms with Crippen molar-refractivity contribution in [2.75, 3.05) is 0 Å². The van der Waals surface area contributed by atoms with Gasteiger partial charge in [0, 0.05) is 18.6 Å². The molecule has 0 fully saturated rings. The van der Waals surface area contributed by atoms with Gasteiger partial charge in [-0.25, -0.2) is 4.79 Å². The number of phenols is 1. The van der Waals surface area contributed by atoms with Gasteiger partial charge in [0.2, 0.25) is 0 Å². The van der Waals surface area contributed by atoms with Gasteiger partial charge >= 0.3 is 5.97 Å². The van der Waals surface area contributed by atoms with Gasteiger partial charge in [-0.1, -0.05) is 6.07 Å². The van der Waals surface area contributed by atoms with E-state index in [9.17, 15) is 9.90 Å². The minimum Gasteiger partial charge on any atom is -0.507 e. The Kier molecular flexibility index (Phi) is 2.68. The van der Waals surface area contributed by atoms with Crippen molar-refractivity contribution in [3.8, 4) is 17.1 Å². The van der Waals surface area contributed by atoms with E-state index in [-0.39, 0.29) is 11.3 Å². The van der Waals surface area contributed by atoms with Crippen LogP contribution >= 0.6 is 0 Å². The number of rotatable bonds is 2. The average Bonchev–Trinajstić information content (AvgIpc) is 2.78. The lowest BCUT2D eigenvalue weighted by atomic mass is 10.2. The maximum atomic E-state index is 11.0. The number of hydrogen-bond donors (Lipinski definition) is 2. The maximum Gasteiger partial charge on any atom is 0.335 e. The Balaban J connectivity index is 2.25. The molecule has 0 saturated carbocycles. The van der Waals surface area contributed by atoms with Crippen LogP contribution in [0, 0.1) is 0 Å². The maximum absolute atomic E-state index is 11.0. The number of aromatic nitrogens is 2. The number of benzene rings is 1. The normalized spacial score (nSPS) is 10.8. The molecular weight excluding hydrogens is 256 g/mol. The number of aromatic hydroxyl groups is 1. The van der Waals surface area contributed by atoms with E-state index in [1.54, 1.807) is 18.2 Å². The highest BCUT2D eigenvalue weighted by atomic mass is 16.4. The van der Waals surface area contributed by atoms with Gasteiger partial charge in [-0.2, -0.15) is 0 Å². The van der Waals surface area contributed by atoms with E-state index in [1.165, 1.54) is 18.3 Å². The van der Waals surface area contributed by atoms with Gasteiger partial charge in [-0.3, -0.25) is 4.98 Å². The van der Waals surface area contributed by atoms with Crippen LogP contribution in [0.5, 0.6) is 5.75 Å². The molecule has 5 nitrogen and oxygen atoms in total. The van der Waals surface area contributed by atoms with Crippen LogP contribution < -0.4 is 0 Å². The lowest BCUT2D eigenvalue weighted by molar-refractivity contribution is 0.0697. The molecule has 0 bridgehead atoms. The van der Waals surface area contributed by atoms with Gasteiger partial charge in [-0.05, 0) is 30.3 Å². The SMILES string of the molecule is Cn1c(-c2cc(C(=O)O)ccn2)cc2c(O)cccc21. The molecule has 5 heteroatoms. The Hall–Kier alpha value is -2.82. The lowest BCUT2D eigenvalue weighted by Crippen LogP contribution is -1.99. The van der Waals surface area contributed by atoms with Crippen LogP contribution in [0.4, 0.5) is 0 Å². The number of carbonyl (C=O) groups is 1. The van der Waals surface area contributed by atoms with Crippen LogP contribution in [0.15, 0.2) is 42.6 Å². The van der Waals surface area contributed by atoms with E-state index < -0.39 is 5.97 Å². The molecule has 0 aliphatic heterocycles. The number of aryl methyl sites for hydroxylation is 1. The summed E-state index contributed by atoms with van der Waals surface area (Å²) < 4.78 is 1.88. The van der Waals surface area contributed by atoms with Crippen LogP contribution in [0.1, 0.15) is 10.4 Å². The van der Waals surface area contributed by atoms with Gasteiger partial charge in [0.25, 0.3) is 0 Å². The van der Waals surface area contributed by atoms with Crippen molar-refractivity contribution in [2.24, 2.45) is 7.05 Å². The number of carboxylic acid groups (broad SMARTS) is 1. The second-order valence-electron chi connectivity index (χ2n) is 4.53. The molecule has 0 unspecified atom stereocenters. The molecule has 2 N–H and O–H groups in total. The molecule has 0 radical (unpaired) electrons. The van der Waals surface area contributed by atoms with Gasteiger partial charge in [-0.15, -0.1) is 0 Å². The predicted molar refractivity (Wildman–Crippen MR) is 74.8 cm³/mol. The van der Waals surface area contributed by atoms with Crippen LogP contribution in [-0.2, 0) is 7.05 Å². The molecule has 100 valence electrons. The fourth-order valence-electron chi connectivity index (χ4n) is 2.29. The molecule has 0 spiro atoms. The first-order valence-electron chi connectivity index (χ1n) is 6.05. The number of aromatic carboxylic acids is 1. The molecule has 1 aromatic carbocycles. The lowest BCUT2D eigenvalue weighted by Gasteiger charge is -2.04. The largest absolute Gasteiger partial charge is 0.507 e. The summed E-state index contributed by atoms with van der Waals surface area (Å²) in [5.74, 6) is -0.797. The molecule has 3 rings (SSSR count). The van der Waals surface area contributed by atoms with Gasteiger partial charge in [0.05, 0.1) is 22.5 Å². The fraction of sp³-hybridized carbons (Fsp3) is 0.0667. The zero-order valence-corrected chi connectivity index (χ0v) is 10.7. The van der Waals surface area contributed by atoms with E-state index in [0.29, 0.717) is 11.1 Å². The molecule has 0 aliphatic carbocycles. The Bertz CT molecular complexity index is 821. The topological polar surface area (TPSA) is 75.4 Å². The first-order chi connectivity index (χ1) is 9.58. The summed E-state index contributed by atoms with van der Waals surface area (Å²) in [4.78, 5) is 15.2. The van der Waals surface area contributed by atoms with Gasteiger partial charge in [0.1, 0.15) is 5.75 Å². The first-order valence-corrected chi connectivity index (χ1v) is 6.05. The summed E-state index contributed by atoms with van der Waals surface area (Å²) in [5.41, 5.74) is 2.36. The highest BCUT2D eigenvalue weighted by molar-refractivity contribution is 5.92. The number of fused-ring (bicyclic) bond motifs is 1. The second kappa shape index (κ2) is 4.38. The number of phenolic OH excluding ortho intramolecular Hbond substituents is 1. The van der Waals surface area contributed by atoms with Crippen molar-refractivity contribution < 1.29 is 15.0 Å². The molecule has 0 saturated heterocycles. The third kappa shape index (κ3) is 1.80. The molecule has 3 aromatic rings. The van der Waals surface area contributed by atoms with Crippen LogP contribution in [0.25, 0.3) is 22.3 Å². The van der Waals surface area contributed by atoms with Gasteiger partial charge < -0.3 is 14.8 Å². The predicted octanol–water partition coefficient (Wildman–Crippen LogP) is 2.64. The zero-order chi connectivity index (χ0) is 14.3. The number of pyridine rings is 1. The average molecular weight is 268 g/mol. The standard InChI is InChI=1S/C15H12N2O3/c1-17-12-3-2-4-14(18)10(12)8-13(17)11-7-9(15(19)20)5-6-16-11/h2-8,18H,1H3,(H,19,20). The Morgan fingerprint density at radius 3 is 2.75 bits per heavy atom. The summed E-state index contributed by atoms with van der Waals surface area (Å²) in [7, 11) is 1.85. The van der Waals surface area contributed by atoms with E-state index >= 15 is 0 Å². The van der Waals surface area contributed by atoms with Gasteiger partial charge in [0.15, 0.2) is 0 Å². The van der Waals surface area contributed by atoms with E-state index in [1.807, 2.05) is 17.7 Å². The summed E-state index contributed by atoms with van der Waals surface area (Å²) in [6.07, 6.45) is 1.47. The minimum atomic E-state index is -0.990. The number of hydrogen-bond acceptors (Lipinski definition) is 3. The molecule has 2 aromatic heterocycles. The Labute approximate surface area is 114 Å². The number of carboxylic acids is 1. The second-order valence-corrected chi connectivity index (χ2v) is 4.53. The fourth-order valence-corrected chi connectivity index (χ4v) is 2.29. The molecule has 20 heavy (non-hydrogen) atoms. The number of nitrogens with zero attached hydrogens (tertiary/aromatic N) is 2. The van der Waals surface area contributed by atoms with Crippen LogP contribution in [-0.4, -0.2) is 25.7 Å². The molecule has 0 atom stereocenters. The van der Waals surface area contributed by atoms with Crippen molar-refractivity contribution in [3.05, 3.63) is 48.2 Å². The van der Waals surface area contributed by atoms with E-state index in [0.717, 1.165) is 11.2 Å². The summed E-state index contributed by atoms with van der Waals surface area (Å²) in [5, 5.41) is 19.6. The molecule has 0 amide bonds. The molecule has 0 aliphatic rings. The third-order valence-electron chi connectivity index (χ3n) is 3.33. The minimum absolute atomic E-state index is 0.185. The van der Waals surface area contributed by atoms with Crippen LogP contribution in [0.3, 0.4) is 0 Å². The Morgan fingerprint density at radius 2 is 2.05 bits per heavy atom. The highest BCUT2D eigenvalue weighted by Gasteiger charge is 2.13. The zero-order valence-electron chi connectivity index (χ0n) is 10.7. The van der Waals surface area contributed by atoms with Crippen molar-refractivity contribution in [1.29, 1.82) is 0 Å². The van der Waals surface area contributed by atoms with E-state index in [2.05, 4.69) is 4.98 Å². The van der Waals surface area contributed by atoms with Crippen LogP contribution in [0.2, 0.25) is 0 Å². The first kappa shape index (κ1) is 12.2. The highest BCUT2D eigenvalue weighted by Crippen LogP contribution is 2.31. The van der Waals surface area contributed by atoms with Crippen molar-refractivity contribution >= 4 is 16.9 Å². The van der Waals surface area contributed by atoms with Crippen molar-refractivity contribution in [1.82, 2.24) is 9.55 Å². The Morgan fingerprint density at radius 1 is 1.25 bits per heavy atom. The summed E-state index contributed by atoms with van der Waals surface area (Å²) in [6.45, 7) is 0. The summed E-state index contributed by atoms with van der Waals surface area (Å²) >= 11 is 0. The molecule has 2 heterocycles. The van der Waals surface area contributed by atoms with E-state index in [4.69, 9.17) is 5.11 Å². The summed E-state index contributed by atoms with van der Waals surface area (Å²) in [6, 6.07) is 10.0. The monoisotopic (exact) mass is 268 g/mol. The smallest absolute Gasteiger partial charge is 0.335 e. The third-order valence-corrected chi connectivity index (χ3v) is 3.33. The van der Waals surface area contributed by atoms with Crippen molar-refractivity contribution in [3.63, 3.8) is 0 Å². The molecular formula is C15H12N2O3. The van der Waals surface area contributed by atoms with Crippen molar-refractivity contribution in [2.45, 2.75) is 0 Å². The quantitative estimate of drug-likeness (QED) is 0.749.